The third-order valence-electron chi connectivity index (χ3n) is 2.71. The van der Waals surface area contributed by atoms with Crippen LogP contribution < -0.4 is 5.32 Å². The Hall–Kier alpha value is -1.65. The summed E-state index contributed by atoms with van der Waals surface area (Å²) in [5.74, 6) is -0.280. The molecule has 0 saturated heterocycles. The summed E-state index contributed by atoms with van der Waals surface area (Å²) >= 11 is 7.59. The fourth-order valence-electron chi connectivity index (χ4n) is 1.80. The molecule has 1 heterocycles. The normalized spacial score (nSPS) is 10.9. The molecule has 0 amide bonds. The van der Waals surface area contributed by atoms with Gasteiger partial charge in [0, 0.05) is 6.07 Å². The van der Waals surface area contributed by atoms with E-state index in [4.69, 9.17) is 11.6 Å². The van der Waals surface area contributed by atoms with Crippen molar-refractivity contribution in [1.29, 1.82) is 0 Å². The molecule has 3 aromatic rings. The lowest BCUT2D eigenvalue weighted by Gasteiger charge is -2.05. The lowest BCUT2D eigenvalue weighted by atomic mass is 10.2. The van der Waals surface area contributed by atoms with E-state index in [1.165, 1.54) is 23.5 Å². The van der Waals surface area contributed by atoms with Crippen LogP contribution in [0, 0.1) is 12.7 Å². The van der Waals surface area contributed by atoms with Crippen molar-refractivity contribution in [2.45, 2.75) is 6.92 Å². The molecule has 5 heteroatoms. The van der Waals surface area contributed by atoms with Gasteiger partial charge in [-0.2, -0.15) is 0 Å². The standard InChI is InChI=1S/C14H10ClFN2S/c1-8-2-4-10(15)11(6-8)17-14-18-12-7-9(16)3-5-13(12)19-14/h2-7H,1H3,(H,17,18). The van der Waals surface area contributed by atoms with Crippen LogP contribution in [0.5, 0.6) is 0 Å². The second-order valence-electron chi connectivity index (χ2n) is 4.24. The molecule has 96 valence electrons. The van der Waals surface area contributed by atoms with Gasteiger partial charge in [-0.15, -0.1) is 0 Å². The Labute approximate surface area is 118 Å². The van der Waals surface area contributed by atoms with Gasteiger partial charge in [-0.25, -0.2) is 9.37 Å². The van der Waals surface area contributed by atoms with Crippen LogP contribution in [0.25, 0.3) is 10.2 Å². The first-order valence-electron chi connectivity index (χ1n) is 5.71. The van der Waals surface area contributed by atoms with Crippen molar-refractivity contribution in [2.75, 3.05) is 5.32 Å². The SMILES string of the molecule is Cc1ccc(Cl)c(Nc2nc3cc(F)ccc3s2)c1. The van der Waals surface area contributed by atoms with E-state index < -0.39 is 0 Å². The van der Waals surface area contributed by atoms with Crippen LogP contribution in [-0.2, 0) is 0 Å². The molecule has 3 rings (SSSR count). The van der Waals surface area contributed by atoms with Crippen LogP contribution in [-0.4, -0.2) is 4.98 Å². The maximum atomic E-state index is 13.1. The molecule has 0 atom stereocenters. The third kappa shape index (κ3) is 2.55. The largest absolute Gasteiger partial charge is 0.330 e. The van der Waals surface area contributed by atoms with Crippen molar-refractivity contribution in [3.8, 4) is 0 Å². The highest BCUT2D eigenvalue weighted by molar-refractivity contribution is 7.22. The van der Waals surface area contributed by atoms with Crippen LogP contribution >= 0.6 is 22.9 Å². The number of benzene rings is 2. The van der Waals surface area contributed by atoms with Gasteiger partial charge < -0.3 is 5.32 Å². The summed E-state index contributed by atoms with van der Waals surface area (Å²) in [6.45, 7) is 2.00. The summed E-state index contributed by atoms with van der Waals surface area (Å²) in [5, 5.41) is 4.51. The number of anilines is 2. The first-order chi connectivity index (χ1) is 9.11. The van der Waals surface area contributed by atoms with Crippen molar-refractivity contribution in [3.05, 3.63) is 52.8 Å². The van der Waals surface area contributed by atoms with E-state index in [9.17, 15) is 4.39 Å². The summed E-state index contributed by atoms with van der Waals surface area (Å²) in [4.78, 5) is 4.35. The second kappa shape index (κ2) is 4.79. The molecule has 2 aromatic carbocycles. The van der Waals surface area contributed by atoms with Gasteiger partial charge in [-0.3, -0.25) is 0 Å². The van der Waals surface area contributed by atoms with E-state index in [-0.39, 0.29) is 5.82 Å². The van der Waals surface area contributed by atoms with Crippen LogP contribution in [0.4, 0.5) is 15.2 Å². The maximum Gasteiger partial charge on any atom is 0.188 e. The molecule has 0 aliphatic heterocycles. The van der Waals surface area contributed by atoms with Crippen LogP contribution in [0.1, 0.15) is 5.56 Å². The van der Waals surface area contributed by atoms with E-state index in [0.29, 0.717) is 15.7 Å². The van der Waals surface area contributed by atoms with Crippen LogP contribution in [0.2, 0.25) is 5.02 Å². The topological polar surface area (TPSA) is 24.9 Å². The van der Waals surface area contributed by atoms with Crippen molar-refractivity contribution in [1.82, 2.24) is 4.98 Å². The molecule has 19 heavy (non-hydrogen) atoms. The summed E-state index contributed by atoms with van der Waals surface area (Å²) in [7, 11) is 0. The molecule has 0 unspecified atom stereocenters. The Kier molecular flexibility index (Phi) is 3.12. The van der Waals surface area contributed by atoms with Gasteiger partial charge >= 0.3 is 0 Å². The quantitative estimate of drug-likeness (QED) is 0.707. The van der Waals surface area contributed by atoms with Gasteiger partial charge in [0.1, 0.15) is 5.82 Å². The molecule has 0 bridgehead atoms. The zero-order valence-electron chi connectivity index (χ0n) is 10.1. The number of halogens is 2. The number of aromatic nitrogens is 1. The Morgan fingerprint density at radius 2 is 2.05 bits per heavy atom. The number of rotatable bonds is 2. The monoisotopic (exact) mass is 292 g/mol. The molecule has 0 radical (unpaired) electrons. The average Bonchev–Trinajstić information content (AvgIpc) is 2.75. The minimum Gasteiger partial charge on any atom is -0.330 e. The molecule has 1 aromatic heterocycles. The van der Waals surface area contributed by atoms with Crippen molar-refractivity contribution in [3.63, 3.8) is 0 Å². The molecule has 0 spiro atoms. The van der Waals surface area contributed by atoms with Crippen molar-refractivity contribution in [2.24, 2.45) is 0 Å². The summed E-state index contributed by atoms with van der Waals surface area (Å²) in [6.07, 6.45) is 0. The minimum absolute atomic E-state index is 0.280. The van der Waals surface area contributed by atoms with Gasteiger partial charge in [0.2, 0.25) is 0 Å². The highest BCUT2D eigenvalue weighted by atomic mass is 35.5. The predicted octanol–water partition coefficient (Wildman–Crippen LogP) is 5.14. The Balaban J connectivity index is 1.98. The highest BCUT2D eigenvalue weighted by Gasteiger charge is 2.07. The smallest absolute Gasteiger partial charge is 0.188 e. The molecule has 2 nitrogen and oxygen atoms in total. The first kappa shape index (κ1) is 12.4. The van der Waals surface area contributed by atoms with Gasteiger partial charge in [0.05, 0.1) is 20.9 Å². The molecule has 0 saturated carbocycles. The molecule has 0 aliphatic carbocycles. The zero-order valence-corrected chi connectivity index (χ0v) is 11.6. The number of fused-ring (bicyclic) bond motifs is 1. The molecule has 0 aliphatic rings. The van der Waals surface area contributed by atoms with E-state index >= 15 is 0 Å². The zero-order chi connectivity index (χ0) is 13.4. The Morgan fingerprint density at radius 1 is 1.21 bits per heavy atom. The number of hydrogen-bond acceptors (Lipinski definition) is 3. The number of nitrogens with one attached hydrogen (secondary N) is 1. The van der Waals surface area contributed by atoms with E-state index in [1.807, 2.05) is 25.1 Å². The van der Waals surface area contributed by atoms with Gasteiger partial charge in [-0.1, -0.05) is 29.0 Å². The van der Waals surface area contributed by atoms with Crippen molar-refractivity contribution >= 4 is 44.0 Å². The van der Waals surface area contributed by atoms with E-state index in [1.54, 1.807) is 6.07 Å². The number of hydrogen-bond donors (Lipinski definition) is 1. The summed E-state index contributed by atoms with van der Waals surface area (Å²) in [6, 6.07) is 10.3. The van der Waals surface area contributed by atoms with Crippen LogP contribution in [0.3, 0.4) is 0 Å². The first-order valence-corrected chi connectivity index (χ1v) is 6.90. The number of thiazole rings is 1. The maximum absolute atomic E-state index is 13.1. The molecule has 1 N–H and O–H groups in total. The lowest BCUT2D eigenvalue weighted by Crippen LogP contribution is -1.90. The Morgan fingerprint density at radius 3 is 2.89 bits per heavy atom. The Bertz CT molecular complexity index is 754. The van der Waals surface area contributed by atoms with Gasteiger partial charge in [0.15, 0.2) is 5.13 Å². The molecule has 0 fully saturated rings. The molecular weight excluding hydrogens is 283 g/mol. The summed E-state index contributed by atoms with van der Waals surface area (Å²) < 4.78 is 14.1. The van der Waals surface area contributed by atoms with Crippen molar-refractivity contribution < 1.29 is 4.39 Å². The fraction of sp³-hybridized carbons (Fsp3) is 0.0714. The van der Waals surface area contributed by atoms with Gasteiger partial charge in [0.25, 0.3) is 0 Å². The predicted molar refractivity (Wildman–Crippen MR) is 79.0 cm³/mol. The third-order valence-corrected chi connectivity index (χ3v) is 3.99. The van der Waals surface area contributed by atoms with Gasteiger partial charge in [-0.05, 0) is 36.8 Å². The number of nitrogens with zero attached hydrogens (tertiary/aromatic N) is 1. The fourth-order valence-corrected chi connectivity index (χ4v) is 2.83. The van der Waals surface area contributed by atoms with E-state index in [0.717, 1.165) is 16.0 Å². The number of aryl methyl sites for hydroxylation is 1. The highest BCUT2D eigenvalue weighted by Crippen LogP contribution is 2.31. The van der Waals surface area contributed by atoms with Crippen LogP contribution in [0.15, 0.2) is 36.4 Å². The second-order valence-corrected chi connectivity index (χ2v) is 5.68. The lowest BCUT2D eigenvalue weighted by molar-refractivity contribution is 0.629. The molecular formula is C14H10ClFN2S. The average molecular weight is 293 g/mol. The van der Waals surface area contributed by atoms with E-state index in [2.05, 4.69) is 10.3 Å². The minimum atomic E-state index is -0.280. The summed E-state index contributed by atoms with van der Waals surface area (Å²) in [5.41, 5.74) is 2.57.